The third kappa shape index (κ3) is 3.40. The highest BCUT2D eigenvalue weighted by Crippen LogP contribution is 2.57. The van der Waals surface area contributed by atoms with Gasteiger partial charge >= 0.3 is 0 Å². The monoisotopic (exact) mass is 524 g/mol. The fourth-order valence-corrected chi connectivity index (χ4v) is 7.27. The molecule has 0 nitrogen and oxygen atoms in total. The Balaban J connectivity index is 1.54. The lowest BCUT2D eigenvalue weighted by Crippen LogP contribution is -2.28. The highest BCUT2D eigenvalue weighted by atomic mass is 14.5. The van der Waals surface area contributed by atoms with E-state index in [0.29, 0.717) is 0 Å². The van der Waals surface area contributed by atoms with Crippen LogP contribution in [0.4, 0.5) is 0 Å². The minimum atomic E-state index is -0.435. The van der Waals surface area contributed by atoms with Gasteiger partial charge in [0, 0.05) is 0 Å². The van der Waals surface area contributed by atoms with Gasteiger partial charge in [0.05, 0.1) is 5.41 Å². The van der Waals surface area contributed by atoms with E-state index in [0.717, 1.165) is 0 Å². The Bertz CT molecular complexity index is 2100. The van der Waals surface area contributed by atoms with Crippen LogP contribution in [0.15, 0.2) is 121 Å². The lowest BCUT2D eigenvalue weighted by Gasteiger charge is -2.34. The van der Waals surface area contributed by atoms with Gasteiger partial charge < -0.3 is 0 Å². The zero-order valence-electron chi connectivity index (χ0n) is 24.0. The minimum absolute atomic E-state index is 0.435. The fourth-order valence-electron chi connectivity index (χ4n) is 7.27. The second kappa shape index (κ2) is 8.66. The molecule has 7 aromatic carbocycles. The number of hydrogen-bond donors (Lipinski definition) is 0. The standard InChI is InChI=1S/C41H32/c1-25-17-31-13-15-35(21-33(31)19-27(25)3)41(36-16-14-32-18-26(2)28(4)20-34(32)22-36)39-12-8-7-11-37(39)38-23-29-9-5-6-10-30(29)24-40(38)41/h5-24H,1-4H3. The normalized spacial score (nSPS) is 13.6. The summed E-state index contributed by atoms with van der Waals surface area (Å²) in [4.78, 5) is 0. The van der Waals surface area contributed by atoms with E-state index in [1.807, 2.05) is 0 Å². The van der Waals surface area contributed by atoms with E-state index in [1.54, 1.807) is 0 Å². The molecule has 0 atom stereocenters. The fraction of sp³-hybridized carbons (Fsp3) is 0.122. The van der Waals surface area contributed by atoms with E-state index in [4.69, 9.17) is 0 Å². The first-order valence-electron chi connectivity index (χ1n) is 14.6. The summed E-state index contributed by atoms with van der Waals surface area (Å²) in [6.07, 6.45) is 0. The van der Waals surface area contributed by atoms with E-state index in [1.165, 1.54) is 88.0 Å². The summed E-state index contributed by atoms with van der Waals surface area (Å²) >= 11 is 0. The Morgan fingerprint density at radius 1 is 0.341 bits per heavy atom. The highest BCUT2D eigenvalue weighted by Gasteiger charge is 2.46. The molecule has 0 saturated carbocycles. The van der Waals surface area contributed by atoms with Crippen LogP contribution in [0.5, 0.6) is 0 Å². The van der Waals surface area contributed by atoms with Gasteiger partial charge in [-0.3, -0.25) is 0 Å². The number of benzene rings is 7. The molecule has 8 rings (SSSR count). The van der Waals surface area contributed by atoms with Crippen molar-refractivity contribution in [2.24, 2.45) is 0 Å². The summed E-state index contributed by atoms with van der Waals surface area (Å²) in [5.74, 6) is 0. The van der Waals surface area contributed by atoms with E-state index in [9.17, 15) is 0 Å². The summed E-state index contributed by atoms with van der Waals surface area (Å²) in [7, 11) is 0. The van der Waals surface area contributed by atoms with E-state index >= 15 is 0 Å². The molecule has 0 aliphatic heterocycles. The SMILES string of the molecule is Cc1cc2ccc(C3(c4ccc5cc(C)c(C)cc5c4)c4ccccc4-c4cc5ccccc5cc43)cc2cc1C. The molecule has 0 saturated heterocycles. The molecule has 1 aliphatic carbocycles. The van der Waals surface area contributed by atoms with Crippen molar-refractivity contribution >= 4 is 32.3 Å². The summed E-state index contributed by atoms with van der Waals surface area (Å²) in [6.45, 7) is 8.85. The van der Waals surface area contributed by atoms with Crippen LogP contribution in [-0.4, -0.2) is 0 Å². The third-order valence-corrected chi connectivity index (χ3v) is 9.68. The van der Waals surface area contributed by atoms with Gasteiger partial charge in [0.2, 0.25) is 0 Å². The molecule has 0 radical (unpaired) electrons. The quantitative estimate of drug-likeness (QED) is 0.211. The van der Waals surface area contributed by atoms with Crippen molar-refractivity contribution in [1.82, 2.24) is 0 Å². The average molecular weight is 525 g/mol. The molecule has 7 aromatic rings. The van der Waals surface area contributed by atoms with Crippen molar-refractivity contribution in [3.8, 4) is 11.1 Å². The molecule has 0 N–H and O–H groups in total. The first-order chi connectivity index (χ1) is 19.9. The van der Waals surface area contributed by atoms with Crippen molar-refractivity contribution in [1.29, 1.82) is 0 Å². The summed E-state index contributed by atoms with van der Waals surface area (Å²) in [5.41, 5.74) is 12.9. The van der Waals surface area contributed by atoms with Gasteiger partial charge in [-0.05, 0) is 140 Å². The van der Waals surface area contributed by atoms with Crippen molar-refractivity contribution in [2.75, 3.05) is 0 Å². The zero-order chi connectivity index (χ0) is 27.9. The van der Waals surface area contributed by atoms with Gasteiger partial charge in [0.1, 0.15) is 0 Å². The Labute approximate surface area is 241 Å². The maximum absolute atomic E-state index is 2.46. The Hall–Kier alpha value is -4.68. The van der Waals surface area contributed by atoms with Crippen molar-refractivity contribution < 1.29 is 0 Å². The third-order valence-electron chi connectivity index (χ3n) is 9.68. The number of aryl methyl sites for hydroxylation is 4. The van der Waals surface area contributed by atoms with E-state index in [2.05, 4.69) is 149 Å². The molecule has 196 valence electrons. The van der Waals surface area contributed by atoms with Crippen LogP contribution in [-0.2, 0) is 5.41 Å². The van der Waals surface area contributed by atoms with Crippen LogP contribution >= 0.6 is 0 Å². The van der Waals surface area contributed by atoms with Gasteiger partial charge in [-0.2, -0.15) is 0 Å². The Morgan fingerprint density at radius 2 is 0.805 bits per heavy atom. The second-order valence-electron chi connectivity index (χ2n) is 12.0. The smallest absolute Gasteiger partial charge is 0.0619 e. The maximum Gasteiger partial charge on any atom is 0.0714 e. The predicted octanol–water partition coefficient (Wildman–Crippen LogP) is 10.7. The summed E-state index contributed by atoms with van der Waals surface area (Å²) in [6, 6.07) is 46.4. The van der Waals surface area contributed by atoms with Crippen LogP contribution in [0, 0.1) is 27.7 Å². The second-order valence-corrected chi connectivity index (χ2v) is 12.0. The van der Waals surface area contributed by atoms with Crippen LogP contribution < -0.4 is 0 Å². The van der Waals surface area contributed by atoms with Gasteiger partial charge in [0.15, 0.2) is 0 Å². The molecule has 0 heterocycles. The van der Waals surface area contributed by atoms with Gasteiger partial charge in [0.25, 0.3) is 0 Å². The number of fused-ring (bicyclic) bond motifs is 6. The largest absolute Gasteiger partial charge is 0.0714 e. The summed E-state index contributed by atoms with van der Waals surface area (Å²) < 4.78 is 0. The van der Waals surface area contributed by atoms with Crippen LogP contribution in [0.2, 0.25) is 0 Å². The van der Waals surface area contributed by atoms with Crippen molar-refractivity contribution in [2.45, 2.75) is 33.1 Å². The van der Waals surface area contributed by atoms with Crippen LogP contribution in [0.1, 0.15) is 44.5 Å². The lowest BCUT2D eigenvalue weighted by atomic mass is 9.67. The first kappa shape index (κ1) is 24.1. The van der Waals surface area contributed by atoms with Crippen molar-refractivity contribution in [3.63, 3.8) is 0 Å². The molecule has 0 unspecified atom stereocenters. The molecule has 0 amide bonds. The molecule has 41 heavy (non-hydrogen) atoms. The van der Waals surface area contributed by atoms with Crippen LogP contribution in [0.3, 0.4) is 0 Å². The lowest BCUT2D eigenvalue weighted by molar-refractivity contribution is 0.772. The van der Waals surface area contributed by atoms with Gasteiger partial charge in [-0.25, -0.2) is 0 Å². The molecular formula is C41H32. The molecule has 0 spiro atoms. The number of rotatable bonds is 2. The predicted molar refractivity (Wildman–Crippen MR) is 175 cm³/mol. The zero-order valence-corrected chi connectivity index (χ0v) is 24.0. The topological polar surface area (TPSA) is 0 Å². The van der Waals surface area contributed by atoms with E-state index in [-0.39, 0.29) is 0 Å². The highest BCUT2D eigenvalue weighted by molar-refractivity contribution is 5.97. The van der Waals surface area contributed by atoms with Crippen LogP contribution in [0.25, 0.3) is 43.4 Å². The van der Waals surface area contributed by atoms with Crippen molar-refractivity contribution in [3.05, 3.63) is 166 Å². The Morgan fingerprint density at radius 3 is 1.39 bits per heavy atom. The molecule has 0 aromatic heterocycles. The Kier molecular flexibility index (Phi) is 5.10. The number of hydrogen-bond acceptors (Lipinski definition) is 0. The molecule has 0 fully saturated rings. The minimum Gasteiger partial charge on any atom is -0.0619 e. The van der Waals surface area contributed by atoms with Gasteiger partial charge in [-0.1, -0.05) is 97.1 Å². The molecule has 0 heteroatoms. The first-order valence-corrected chi connectivity index (χ1v) is 14.6. The molecule has 0 bridgehead atoms. The maximum atomic E-state index is 2.46. The molecule has 1 aliphatic rings. The summed E-state index contributed by atoms with van der Waals surface area (Å²) in [5, 5.41) is 7.74. The molecular weight excluding hydrogens is 492 g/mol. The van der Waals surface area contributed by atoms with E-state index < -0.39 is 5.41 Å². The average Bonchev–Trinajstić information content (AvgIpc) is 3.27. The van der Waals surface area contributed by atoms with Gasteiger partial charge in [-0.15, -0.1) is 0 Å².